The van der Waals surface area contributed by atoms with E-state index in [0.29, 0.717) is 22.6 Å². The predicted molar refractivity (Wildman–Crippen MR) is 98.8 cm³/mol. The van der Waals surface area contributed by atoms with Gasteiger partial charge in [0.1, 0.15) is 0 Å². The quantitative estimate of drug-likeness (QED) is 0.586. The zero-order chi connectivity index (χ0) is 18.9. The van der Waals surface area contributed by atoms with Crippen LogP contribution < -0.4 is 20.2 Å². The second-order valence-electron chi connectivity index (χ2n) is 5.42. The molecule has 7 nitrogen and oxygen atoms in total. The number of ether oxygens (including phenoxy) is 2. The highest BCUT2D eigenvalue weighted by atomic mass is 16.5. The molecule has 2 N–H and O–H groups in total. The maximum atomic E-state index is 11.9. The zero-order valence-corrected chi connectivity index (χ0v) is 14.9. The zero-order valence-electron chi connectivity index (χ0n) is 14.9. The van der Waals surface area contributed by atoms with Gasteiger partial charge < -0.3 is 14.8 Å². The molecule has 0 aliphatic rings. The molecule has 0 saturated heterocycles. The van der Waals surface area contributed by atoms with Crippen LogP contribution in [-0.4, -0.2) is 38.8 Å². The number of nitrogens with zero attached hydrogens (tertiary/aromatic N) is 1. The van der Waals surface area contributed by atoms with E-state index >= 15 is 0 Å². The van der Waals surface area contributed by atoms with Crippen molar-refractivity contribution in [3.05, 3.63) is 59.2 Å². The van der Waals surface area contributed by atoms with E-state index in [2.05, 4.69) is 15.8 Å². The Morgan fingerprint density at radius 2 is 1.81 bits per heavy atom. The third kappa shape index (κ3) is 5.07. The van der Waals surface area contributed by atoms with Crippen molar-refractivity contribution in [2.45, 2.75) is 6.92 Å². The van der Waals surface area contributed by atoms with Gasteiger partial charge in [-0.15, -0.1) is 0 Å². The highest BCUT2D eigenvalue weighted by Gasteiger charge is 2.09. The van der Waals surface area contributed by atoms with E-state index in [9.17, 15) is 9.59 Å². The molecule has 136 valence electrons. The molecule has 0 atom stereocenters. The summed E-state index contributed by atoms with van der Waals surface area (Å²) in [7, 11) is 3.06. The highest BCUT2D eigenvalue weighted by molar-refractivity contribution is 5.96. The topological polar surface area (TPSA) is 89.0 Å². The van der Waals surface area contributed by atoms with Gasteiger partial charge in [-0.2, -0.15) is 5.10 Å². The molecule has 2 amide bonds. The van der Waals surface area contributed by atoms with Crippen LogP contribution in [0.3, 0.4) is 0 Å². The normalized spacial score (nSPS) is 10.4. The molecule has 7 heteroatoms. The second kappa shape index (κ2) is 9.22. The largest absolute Gasteiger partial charge is 0.493 e. The van der Waals surface area contributed by atoms with Crippen LogP contribution in [0.2, 0.25) is 0 Å². The molecule has 2 aromatic rings. The van der Waals surface area contributed by atoms with Crippen molar-refractivity contribution in [3.63, 3.8) is 0 Å². The Morgan fingerprint density at radius 1 is 1.08 bits per heavy atom. The van der Waals surface area contributed by atoms with Crippen molar-refractivity contribution in [2.24, 2.45) is 5.10 Å². The molecule has 0 aliphatic heterocycles. The number of methoxy groups -OCH3 is 2. The summed E-state index contributed by atoms with van der Waals surface area (Å²) in [6.07, 6.45) is 1.45. The first-order chi connectivity index (χ1) is 12.5. The van der Waals surface area contributed by atoms with Crippen LogP contribution in [0, 0.1) is 6.92 Å². The van der Waals surface area contributed by atoms with Gasteiger partial charge in [-0.1, -0.05) is 23.8 Å². The van der Waals surface area contributed by atoms with Crippen molar-refractivity contribution in [2.75, 3.05) is 20.8 Å². The molecular formula is C19H21N3O4. The molecule has 0 saturated carbocycles. The fourth-order valence-electron chi connectivity index (χ4n) is 2.19. The van der Waals surface area contributed by atoms with Gasteiger partial charge in [0.2, 0.25) is 0 Å². The molecule has 0 radical (unpaired) electrons. The fraction of sp³-hybridized carbons (Fsp3) is 0.211. The fourth-order valence-corrected chi connectivity index (χ4v) is 2.19. The lowest BCUT2D eigenvalue weighted by molar-refractivity contribution is -0.120. The number of hydrogen-bond acceptors (Lipinski definition) is 5. The summed E-state index contributed by atoms with van der Waals surface area (Å²) >= 11 is 0. The Morgan fingerprint density at radius 3 is 2.46 bits per heavy atom. The number of benzene rings is 2. The van der Waals surface area contributed by atoms with Gasteiger partial charge in [-0.25, -0.2) is 5.43 Å². The summed E-state index contributed by atoms with van der Waals surface area (Å²) in [5.41, 5.74) is 4.55. The van der Waals surface area contributed by atoms with Gasteiger partial charge in [0.05, 0.1) is 27.0 Å². The number of hydrogen-bond donors (Lipinski definition) is 2. The predicted octanol–water partition coefficient (Wildman–Crippen LogP) is 1.89. The maximum absolute atomic E-state index is 11.9. The van der Waals surface area contributed by atoms with E-state index in [1.165, 1.54) is 20.4 Å². The molecule has 0 spiro atoms. The number of nitrogens with one attached hydrogen (secondary N) is 2. The number of aryl methyl sites for hydroxylation is 1. The van der Waals surface area contributed by atoms with E-state index < -0.39 is 5.91 Å². The summed E-state index contributed by atoms with van der Waals surface area (Å²) < 4.78 is 10.5. The van der Waals surface area contributed by atoms with Crippen molar-refractivity contribution in [1.29, 1.82) is 0 Å². The van der Waals surface area contributed by atoms with Crippen molar-refractivity contribution < 1.29 is 19.1 Å². The lowest BCUT2D eigenvalue weighted by Gasteiger charge is -2.09. The van der Waals surface area contributed by atoms with Crippen LogP contribution in [0.25, 0.3) is 0 Å². The number of para-hydroxylation sites is 1. The third-order valence-electron chi connectivity index (χ3n) is 3.55. The van der Waals surface area contributed by atoms with Crippen LogP contribution >= 0.6 is 0 Å². The maximum Gasteiger partial charge on any atom is 0.259 e. The second-order valence-corrected chi connectivity index (χ2v) is 5.42. The van der Waals surface area contributed by atoms with Crippen LogP contribution in [0.15, 0.2) is 47.6 Å². The number of rotatable bonds is 7. The van der Waals surface area contributed by atoms with Crippen molar-refractivity contribution in [3.8, 4) is 11.5 Å². The number of amides is 2. The van der Waals surface area contributed by atoms with Gasteiger partial charge in [0.25, 0.3) is 11.8 Å². The number of carbonyl (C=O) groups is 2. The Labute approximate surface area is 152 Å². The van der Waals surface area contributed by atoms with Crippen LogP contribution in [0.1, 0.15) is 21.5 Å². The van der Waals surface area contributed by atoms with E-state index in [1.54, 1.807) is 30.3 Å². The van der Waals surface area contributed by atoms with Crippen LogP contribution in [0.4, 0.5) is 0 Å². The molecule has 2 rings (SSSR count). The Kier molecular flexibility index (Phi) is 6.73. The first-order valence-corrected chi connectivity index (χ1v) is 7.93. The summed E-state index contributed by atoms with van der Waals surface area (Å²) in [4.78, 5) is 23.8. The van der Waals surface area contributed by atoms with Gasteiger partial charge >= 0.3 is 0 Å². The smallest absolute Gasteiger partial charge is 0.259 e. The molecular weight excluding hydrogens is 334 g/mol. The van der Waals surface area contributed by atoms with Crippen molar-refractivity contribution in [1.82, 2.24) is 10.7 Å². The first-order valence-electron chi connectivity index (χ1n) is 7.93. The molecule has 0 unspecified atom stereocenters. The third-order valence-corrected chi connectivity index (χ3v) is 3.55. The molecule has 0 fully saturated rings. The Hall–Kier alpha value is -3.35. The summed E-state index contributed by atoms with van der Waals surface area (Å²) in [6.45, 7) is 1.75. The Bertz CT molecular complexity index is 801. The highest BCUT2D eigenvalue weighted by Crippen LogP contribution is 2.29. The lowest BCUT2D eigenvalue weighted by Crippen LogP contribution is -2.34. The summed E-state index contributed by atoms with van der Waals surface area (Å²) in [5.74, 6) is 0.316. The molecule has 0 heterocycles. The monoisotopic (exact) mass is 355 g/mol. The summed E-state index contributed by atoms with van der Waals surface area (Å²) in [5, 5.41) is 6.41. The standard InChI is InChI=1S/C19H21N3O4/c1-13-7-9-14(10-8-13)19(24)20-12-17(23)22-21-11-15-5-4-6-16(25-2)18(15)26-3/h4-11H,12H2,1-3H3,(H,20,24)(H,22,23)/b21-11-. The number of hydrazone groups is 1. The summed E-state index contributed by atoms with van der Waals surface area (Å²) in [6, 6.07) is 12.4. The van der Waals surface area contributed by atoms with Gasteiger partial charge in [-0.3, -0.25) is 9.59 Å². The van der Waals surface area contributed by atoms with Gasteiger partial charge in [0.15, 0.2) is 11.5 Å². The first kappa shape index (κ1) is 19.0. The molecule has 26 heavy (non-hydrogen) atoms. The average molecular weight is 355 g/mol. The van der Waals surface area contributed by atoms with E-state index in [0.717, 1.165) is 5.56 Å². The van der Waals surface area contributed by atoms with E-state index in [-0.39, 0.29) is 12.5 Å². The van der Waals surface area contributed by atoms with E-state index in [1.807, 2.05) is 19.1 Å². The minimum atomic E-state index is -0.441. The molecule has 2 aromatic carbocycles. The van der Waals surface area contributed by atoms with Crippen molar-refractivity contribution >= 4 is 18.0 Å². The SMILES string of the molecule is COc1cccc(/C=N\NC(=O)CNC(=O)c2ccc(C)cc2)c1OC. The Balaban J connectivity index is 1.88. The molecule has 0 aliphatic carbocycles. The lowest BCUT2D eigenvalue weighted by atomic mass is 10.1. The molecule has 0 aromatic heterocycles. The average Bonchev–Trinajstić information content (AvgIpc) is 2.66. The minimum Gasteiger partial charge on any atom is -0.493 e. The van der Waals surface area contributed by atoms with E-state index in [4.69, 9.17) is 9.47 Å². The van der Waals surface area contributed by atoms with Crippen LogP contribution in [0.5, 0.6) is 11.5 Å². The number of carbonyl (C=O) groups excluding carboxylic acids is 2. The van der Waals surface area contributed by atoms with Gasteiger partial charge in [-0.05, 0) is 31.2 Å². The minimum absolute atomic E-state index is 0.181. The van der Waals surface area contributed by atoms with Crippen LogP contribution in [-0.2, 0) is 4.79 Å². The van der Waals surface area contributed by atoms with Gasteiger partial charge in [0, 0.05) is 11.1 Å². The molecule has 0 bridgehead atoms.